The number of carbonyl (C=O) groups is 1. The predicted molar refractivity (Wildman–Crippen MR) is 97.9 cm³/mol. The van der Waals surface area contributed by atoms with E-state index >= 15 is 0 Å². The summed E-state index contributed by atoms with van der Waals surface area (Å²) in [7, 11) is 5.92. The summed E-state index contributed by atoms with van der Waals surface area (Å²) in [6.07, 6.45) is 10.5. The van der Waals surface area contributed by atoms with Crippen molar-refractivity contribution in [3.8, 4) is 0 Å². The van der Waals surface area contributed by atoms with Gasteiger partial charge in [-0.15, -0.1) is 0 Å². The van der Waals surface area contributed by atoms with Crippen LogP contribution in [-0.2, 0) is 11.8 Å². The van der Waals surface area contributed by atoms with E-state index in [0.29, 0.717) is 0 Å². The van der Waals surface area contributed by atoms with Crippen LogP contribution in [0.25, 0.3) is 0 Å². The molecule has 0 saturated carbocycles. The van der Waals surface area contributed by atoms with Crippen molar-refractivity contribution >= 4 is 11.6 Å². The second-order valence-corrected chi connectivity index (χ2v) is 5.71. The molecule has 1 N–H and O–H groups in total. The molecule has 24 heavy (non-hydrogen) atoms. The number of aromatic nitrogens is 2. The van der Waals surface area contributed by atoms with E-state index in [1.807, 2.05) is 80.1 Å². The van der Waals surface area contributed by atoms with Gasteiger partial charge in [-0.05, 0) is 24.6 Å². The van der Waals surface area contributed by atoms with Gasteiger partial charge in [0, 0.05) is 45.3 Å². The largest absolute Gasteiger partial charge is 0.378 e. The molecule has 1 aromatic heterocycles. The molecule has 2 aromatic rings. The molecule has 0 radical (unpaired) electrons. The van der Waals surface area contributed by atoms with Gasteiger partial charge in [0.25, 0.3) is 0 Å². The summed E-state index contributed by atoms with van der Waals surface area (Å²) in [5, 5.41) is 3.03. The Morgan fingerprint density at radius 3 is 2.50 bits per heavy atom. The third kappa shape index (κ3) is 4.35. The first kappa shape index (κ1) is 17.5. The van der Waals surface area contributed by atoms with Gasteiger partial charge in [0.15, 0.2) is 0 Å². The molecule has 1 unspecified atom stereocenters. The Labute approximate surface area is 143 Å². The van der Waals surface area contributed by atoms with Crippen molar-refractivity contribution in [1.29, 1.82) is 0 Å². The highest BCUT2D eigenvalue weighted by molar-refractivity contribution is 5.88. The zero-order valence-corrected chi connectivity index (χ0v) is 14.6. The Morgan fingerprint density at radius 1 is 1.25 bits per heavy atom. The maximum Gasteiger partial charge on any atom is 0.244 e. The number of aryl methyl sites for hydroxylation is 1. The lowest BCUT2D eigenvalue weighted by Crippen LogP contribution is -2.29. The number of allylic oxidation sites excluding steroid dienone is 3. The first-order valence-corrected chi connectivity index (χ1v) is 7.87. The molecule has 0 aliphatic rings. The molecule has 0 aliphatic carbocycles. The van der Waals surface area contributed by atoms with Crippen LogP contribution >= 0.6 is 0 Å². The minimum absolute atomic E-state index is 0.155. The second-order valence-electron chi connectivity index (χ2n) is 5.71. The summed E-state index contributed by atoms with van der Waals surface area (Å²) in [6, 6.07) is 7.80. The fourth-order valence-electron chi connectivity index (χ4n) is 2.36. The summed E-state index contributed by atoms with van der Waals surface area (Å²) in [5.74, 6) is 0.637. The normalized spacial score (nSPS) is 12.7. The molecule has 0 bridgehead atoms. The molecule has 1 heterocycles. The van der Waals surface area contributed by atoms with Gasteiger partial charge in [-0.25, -0.2) is 4.98 Å². The number of hydrogen-bond donors (Lipinski definition) is 1. The summed E-state index contributed by atoms with van der Waals surface area (Å²) < 4.78 is 1.92. The van der Waals surface area contributed by atoms with E-state index in [9.17, 15) is 4.79 Å². The molecule has 1 aromatic carbocycles. The molecular formula is C19H24N4O. The number of hydrogen-bond acceptors (Lipinski definition) is 3. The minimum atomic E-state index is -0.302. The maximum absolute atomic E-state index is 12.2. The van der Waals surface area contributed by atoms with Crippen LogP contribution in [0.4, 0.5) is 5.69 Å². The van der Waals surface area contributed by atoms with Gasteiger partial charge in [0.2, 0.25) is 5.91 Å². The summed E-state index contributed by atoms with van der Waals surface area (Å²) in [6.45, 7) is 1.91. The number of nitrogens with zero attached hydrogens (tertiary/aromatic N) is 3. The highest BCUT2D eigenvalue weighted by atomic mass is 16.1. The van der Waals surface area contributed by atoms with Gasteiger partial charge >= 0.3 is 0 Å². The van der Waals surface area contributed by atoms with Gasteiger partial charge in [0.1, 0.15) is 11.9 Å². The number of rotatable bonds is 6. The average molecular weight is 324 g/mol. The van der Waals surface area contributed by atoms with Crippen LogP contribution in [-0.4, -0.2) is 29.6 Å². The Bertz CT molecular complexity index is 726. The molecule has 5 nitrogen and oxygen atoms in total. The van der Waals surface area contributed by atoms with Crippen LogP contribution in [0.2, 0.25) is 0 Å². The highest BCUT2D eigenvalue weighted by Gasteiger charge is 2.19. The van der Waals surface area contributed by atoms with Crippen LogP contribution < -0.4 is 10.2 Å². The molecule has 0 aliphatic heterocycles. The maximum atomic E-state index is 12.2. The summed E-state index contributed by atoms with van der Waals surface area (Å²) in [4.78, 5) is 18.6. The van der Waals surface area contributed by atoms with Crippen molar-refractivity contribution in [2.24, 2.45) is 7.05 Å². The van der Waals surface area contributed by atoms with E-state index in [-0.39, 0.29) is 11.9 Å². The Balaban J connectivity index is 2.30. The van der Waals surface area contributed by atoms with Crippen molar-refractivity contribution in [3.63, 3.8) is 0 Å². The molecule has 0 spiro atoms. The highest BCUT2D eigenvalue weighted by Crippen LogP contribution is 2.23. The first-order valence-electron chi connectivity index (χ1n) is 7.87. The number of nitrogens with one attached hydrogen (secondary N) is 1. The smallest absolute Gasteiger partial charge is 0.244 e. The monoisotopic (exact) mass is 324 g/mol. The van der Waals surface area contributed by atoms with Gasteiger partial charge in [-0.2, -0.15) is 0 Å². The van der Waals surface area contributed by atoms with Crippen LogP contribution in [0.3, 0.4) is 0 Å². The van der Waals surface area contributed by atoms with E-state index in [4.69, 9.17) is 0 Å². The fourth-order valence-corrected chi connectivity index (χ4v) is 2.36. The molecule has 0 fully saturated rings. The van der Waals surface area contributed by atoms with Crippen molar-refractivity contribution in [3.05, 3.63) is 72.4 Å². The number of imidazole rings is 1. The number of amides is 1. The second kappa shape index (κ2) is 8.15. The lowest BCUT2D eigenvalue weighted by Gasteiger charge is -2.20. The van der Waals surface area contributed by atoms with Crippen molar-refractivity contribution in [1.82, 2.24) is 14.9 Å². The summed E-state index contributed by atoms with van der Waals surface area (Å²) in [5.41, 5.74) is 2.10. The average Bonchev–Trinajstić information content (AvgIpc) is 2.99. The topological polar surface area (TPSA) is 50.2 Å². The summed E-state index contributed by atoms with van der Waals surface area (Å²) >= 11 is 0. The Kier molecular flexibility index (Phi) is 5.95. The van der Waals surface area contributed by atoms with Crippen molar-refractivity contribution < 1.29 is 4.79 Å². The van der Waals surface area contributed by atoms with E-state index < -0.39 is 0 Å². The van der Waals surface area contributed by atoms with Crippen molar-refractivity contribution in [2.45, 2.75) is 13.0 Å². The molecule has 126 valence electrons. The van der Waals surface area contributed by atoms with Crippen LogP contribution in [0, 0.1) is 0 Å². The standard InChI is InChI=1S/C19H24N4O/c1-5-6-7-8-17(24)21-18(19-20-13-14-23(19)4)15-9-11-16(12-10-15)22(2)3/h5-14,18H,1-4H3,(H,21,24)/b6-5+,8-7+. The molecule has 1 amide bonds. The van der Waals surface area contributed by atoms with Crippen LogP contribution in [0.1, 0.15) is 24.4 Å². The van der Waals surface area contributed by atoms with Crippen molar-refractivity contribution in [2.75, 3.05) is 19.0 Å². The minimum Gasteiger partial charge on any atom is -0.378 e. The lowest BCUT2D eigenvalue weighted by atomic mass is 10.1. The number of carbonyl (C=O) groups excluding carboxylic acids is 1. The molecule has 0 saturated heterocycles. The van der Waals surface area contributed by atoms with Crippen LogP contribution in [0.15, 0.2) is 61.0 Å². The molecular weight excluding hydrogens is 300 g/mol. The van der Waals surface area contributed by atoms with Gasteiger partial charge < -0.3 is 14.8 Å². The predicted octanol–water partition coefficient (Wildman–Crippen LogP) is 2.82. The van der Waals surface area contributed by atoms with E-state index in [0.717, 1.165) is 17.1 Å². The van der Waals surface area contributed by atoms with Crippen LogP contribution in [0.5, 0.6) is 0 Å². The lowest BCUT2D eigenvalue weighted by molar-refractivity contribution is -0.117. The SMILES string of the molecule is C/C=C/C=C/C(=O)NC(c1ccc(N(C)C)cc1)c1nccn1C. The first-order chi connectivity index (χ1) is 11.5. The Hall–Kier alpha value is -2.82. The van der Waals surface area contributed by atoms with E-state index in [2.05, 4.69) is 10.3 Å². The van der Waals surface area contributed by atoms with Gasteiger partial charge in [-0.1, -0.05) is 30.4 Å². The number of anilines is 1. The van der Waals surface area contributed by atoms with E-state index in [1.165, 1.54) is 6.08 Å². The molecule has 5 heteroatoms. The fraction of sp³-hybridized carbons (Fsp3) is 0.263. The quantitative estimate of drug-likeness (QED) is 0.657. The third-order valence-electron chi connectivity index (χ3n) is 3.70. The zero-order chi connectivity index (χ0) is 17.5. The van der Waals surface area contributed by atoms with Gasteiger partial charge in [-0.3, -0.25) is 4.79 Å². The Morgan fingerprint density at radius 2 is 1.96 bits per heavy atom. The third-order valence-corrected chi connectivity index (χ3v) is 3.70. The zero-order valence-electron chi connectivity index (χ0n) is 14.6. The number of benzene rings is 1. The van der Waals surface area contributed by atoms with E-state index in [1.54, 1.807) is 12.3 Å². The van der Waals surface area contributed by atoms with Gasteiger partial charge in [0.05, 0.1) is 0 Å². The molecule has 1 atom stereocenters. The molecule has 2 rings (SSSR count).